The molecule has 0 bridgehead atoms. The van der Waals surface area contributed by atoms with Crippen molar-refractivity contribution in [2.24, 2.45) is 0 Å². The van der Waals surface area contributed by atoms with Gasteiger partial charge in [0, 0.05) is 12.6 Å². The van der Waals surface area contributed by atoms with Crippen LogP contribution in [0.25, 0.3) is 0 Å². The highest BCUT2D eigenvalue weighted by Crippen LogP contribution is 2.42. The van der Waals surface area contributed by atoms with Gasteiger partial charge in [-0.1, -0.05) is 12.0 Å². The minimum absolute atomic E-state index is 0.0937. The van der Waals surface area contributed by atoms with Crippen LogP contribution in [-0.4, -0.2) is 70.8 Å². The Morgan fingerprint density at radius 2 is 2.15 bits per heavy atom. The minimum atomic E-state index is -3.87. The summed E-state index contributed by atoms with van der Waals surface area (Å²) in [5, 5.41) is 15.0. The first kappa shape index (κ1) is 25.7. The van der Waals surface area contributed by atoms with Gasteiger partial charge in [-0.25, -0.2) is 4.79 Å². The Kier molecular flexibility index (Phi) is 8.56. The predicted octanol–water partition coefficient (Wildman–Crippen LogP) is 0.900. The van der Waals surface area contributed by atoms with Gasteiger partial charge in [-0.3, -0.25) is 9.36 Å². The van der Waals surface area contributed by atoms with E-state index in [1.165, 1.54) is 6.07 Å². The molecule has 2 fully saturated rings. The van der Waals surface area contributed by atoms with Gasteiger partial charge in [-0.05, 0) is 24.0 Å². The number of nitrogens with one attached hydrogen (secondary N) is 2. The Hall–Kier alpha value is -1.93. The molecule has 3 rings (SSSR count). The van der Waals surface area contributed by atoms with Crippen molar-refractivity contribution in [2.45, 2.75) is 63.4 Å². The van der Waals surface area contributed by atoms with Crippen molar-refractivity contribution in [3.05, 3.63) is 22.7 Å². The zero-order valence-corrected chi connectivity index (χ0v) is 18.9. The number of aliphatic hydroxyl groups excluding tert-OH is 1. The molecule has 15 heteroatoms. The second-order valence-electron chi connectivity index (χ2n) is 7.53. The van der Waals surface area contributed by atoms with Crippen LogP contribution in [0, 0.1) is 0 Å². The number of anilines is 1. The Morgan fingerprint density at radius 3 is 2.79 bits per heavy atom. The zero-order valence-electron chi connectivity index (χ0n) is 18.0. The van der Waals surface area contributed by atoms with Crippen LogP contribution in [0.15, 0.2) is 17.1 Å². The molecule has 3 N–H and O–H groups in total. The topological polar surface area (TPSA) is 150 Å². The van der Waals surface area contributed by atoms with E-state index in [9.17, 15) is 28.0 Å². The molecule has 1 amide bonds. The summed E-state index contributed by atoms with van der Waals surface area (Å²) in [5.74, 6) is -4.34. The molecule has 2 aliphatic rings. The number of hydrogen-bond donors (Lipinski definition) is 3. The van der Waals surface area contributed by atoms with E-state index in [1.54, 1.807) is 13.8 Å². The molecule has 12 nitrogen and oxygen atoms in total. The predicted molar refractivity (Wildman–Crippen MR) is 109 cm³/mol. The molecule has 2 saturated heterocycles. The summed E-state index contributed by atoms with van der Waals surface area (Å²) >= 11 is 0. The summed E-state index contributed by atoms with van der Waals surface area (Å²) in [4.78, 5) is 27.5. The number of alkyl halides is 2. The Balaban J connectivity index is 1.61. The van der Waals surface area contributed by atoms with Crippen molar-refractivity contribution in [2.75, 3.05) is 25.1 Å². The van der Waals surface area contributed by atoms with Crippen molar-refractivity contribution in [1.29, 1.82) is 0 Å². The molecule has 3 heterocycles. The number of aliphatic hydroxyl groups is 1. The van der Waals surface area contributed by atoms with Gasteiger partial charge in [0.2, 0.25) is 12.1 Å². The van der Waals surface area contributed by atoms with Crippen LogP contribution < -0.4 is 16.1 Å². The van der Waals surface area contributed by atoms with Gasteiger partial charge in [0.15, 0.2) is 12.4 Å². The number of nitrogens with zero attached hydrogens (tertiary/aromatic N) is 2. The maximum atomic E-state index is 14.7. The number of aromatic nitrogens is 2. The lowest BCUT2D eigenvalue weighted by atomic mass is 10.1. The van der Waals surface area contributed by atoms with Gasteiger partial charge in [0.1, 0.15) is 24.6 Å². The fourth-order valence-corrected chi connectivity index (χ4v) is 4.08. The highest BCUT2D eigenvalue weighted by atomic mass is 31.1. The van der Waals surface area contributed by atoms with E-state index < -0.39 is 57.2 Å². The largest absolute Gasteiger partial charge is 0.613 e. The third-order valence-corrected chi connectivity index (χ3v) is 5.93. The first-order valence-electron chi connectivity index (χ1n) is 10.3. The first-order chi connectivity index (χ1) is 15.6. The lowest BCUT2D eigenvalue weighted by Crippen LogP contribution is -2.42. The summed E-state index contributed by atoms with van der Waals surface area (Å²) < 4.78 is 62.7. The van der Waals surface area contributed by atoms with E-state index in [1.807, 2.05) is 0 Å². The van der Waals surface area contributed by atoms with Gasteiger partial charge in [-0.15, -0.1) is 4.52 Å². The van der Waals surface area contributed by atoms with Crippen LogP contribution in [0.5, 0.6) is 0 Å². The van der Waals surface area contributed by atoms with Crippen LogP contribution in [-0.2, 0) is 28.1 Å². The van der Waals surface area contributed by atoms with Gasteiger partial charge >= 0.3 is 19.8 Å². The molecule has 1 aromatic heterocycles. The summed E-state index contributed by atoms with van der Waals surface area (Å²) in [6.07, 6.45) is -4.93. The van der Waals surface area contributed by atoms with E-state index in [0.29, 0.717) is 24.2 Å². The van der Waals surface area contributed by atoms with Crippen molar-refractivity contribution in [1.82, 2.24) is 14.6 Å². The molecule has 1 unspecified atom stereocenters. The van der Waals surface area contributed by atoms with Gasteiger partial charge in [-0.2, -0.15) is 13.8 Å². The number of halogens is 2. The molecule has 5 atom stereocenters. The number of hydrogen-bond acceptors (Lipinski definition) is 9. The highest BCUT2D eigenvalue weighted by Gasteiger charge is 2.60. The molecule has 0 radical (unpaired) electrons. The second kappa shape index (κ2) is 11.0. The van der Waals surface area contributed by atoms with Crippen molar-refractivity contribution in [3.63, 3.8) is 0 Å². The summed E-state index contributed by atoms with van der Waals surface area (Å²) in [7, 11) is -2.51. The third kappa shape index (κ3) is 6.15. The molecular formula is C18H26F2N4O8P+. The molecule has 0 aliphatic carbocycles. The van der Waals surface area contributed by atoms with Crippen LogP contribution >= 0.6 is 8.18 Å². The zero-order chi connectivity index (χ0) is 24.2. The second-order valence-corrected chi connectivity index (χ2v) is 8.56. The summed E-state index contributed by atoms with van der Waals surface area (Å²) in [6.45, 7) is 3.59. The van der Waals surface area contributed by atoms with E-state index in [0.717, 1.165) is 6.20 Å². The smallest absolute Gasteiger partial charge is 0.384 e. The molecule has 0 aromatic carbocycles. The standard InChI is InChI=1S/C18H25F2N4O8P/c1-3-4-13(25)21-12-5-6-24(17(27)22-12)16-18(19,20)14(26)11(32-16)9-31-33(28)23-10(2)15-29-7-8-30-15/h5-6,10-11,14-16,26H,3-4,7-9H2,1-2H3,(H-,21,22,23,25,27,28)/p+1/t10-,11+,14+,16+/m0/s1. The quantitative estimate of drug-likeness (QED) is 0.400. The molecule has 184 valence electrons. The molecule has 1 aromatic rings. The normalized spacial score (nSPS) is 26.3. The Morgan fingerprint density at radius 1 is 1.45 bits per heavy atom. The summed E-state index contributed by atoms with van der Waals surface area (Å²) in [5.41, 5.74) is -1.11. The fraction of sp³-hybridized carbons (Fsp3) is 0.722. The van der Waals surface area contributed by atoms with Crippen LogP contribution in [0.4, 0.5) is 14.6 Å². The van der Waals surface area contributed by atoms with Crippen molar-refractivity contribution >= 4 is 19.9 Å². The average Bonchev–Trinajstić information content (AvgIpc) is 3.36. The van der Waals surface area contributed by atoms with E-state index in [2.05, 4.69) is 15.4 Å². The number of carbonyl (C=O) groups is 1. The highest BCUT2D eigenvalue weighted by molar-refractivity contribution is 7.36. The third-order valence-electron chi connectivity index (χ3n) is 4.93. The van der Waals surface area contributed by atoms with Crippen molar-refractivity contribution < 1.29 is 42.0 Å². The lowest BCUT2D eigenvalue weighted by molar-refractivity contribution is -0.140. The maximum absolute atomic E-state index is 14.7. The van der Waals surface area contributed by atoms with Crippen LogP contribution in [0.1, 0.15) is 32.9 Å². The lowest BCUT2D eigenvalue weighted by Gasteiger charge is -2.21. The molecular weight excluding hydrogens is 469 g/mol. The number of amides is 1. The first-order valence-corrected chi connectivity index (χ1v) is 11.5. The van der Waals surface area contributed by atoms with Crippen molar-refractivity contribution in [3.8, 4) is 0 Å². The van der Waals surface area contributed by atoms with E-state index >= 15 is 0 Å². The van der Waals surface area contributed by atoms with Gasteiger partial charge in [0.25, 0.3) is 0 Å². The molecule has 0 saturated carbocycles. The number of ether oxygens (including phenoxy) is 3. The maximum Gasteiger partial charge on any atom is 0.613 e. The monoisotopic (exact) mass is 495 g/mol. The molecule has 2 aliphatic heterocycles. The number of carbonyl (C=O) groups excluding carboxylic acids is 1. The van der Waals surface area contributed by atoms with Gasteiger partial charge in [0.05, 0.1) is 13.2 Å². The summed E-state index contributed by atoms with van der Waals surface area (Å²) in [6, 6.07) is 0.667. The molecule has 33 heavy (non-hydrogen) atoms. The van der Waals surface area contributed by atoms with Crippen LogP contribution in [0.3, 0.4) is 0 Å². The average molecular weight is 495 g/mol. The number of rotatable bonds is 10. The SMILES string of the molecule is CCCC(=O)Nc1ccn([C@@H]2O[C@H](CO[P+](=O)N[C@@H](C)C3OCCO3)[C@@H](O)C2(F)F)c(=O)n1. The van der Waals surface area contributed by atoms with Crippen LogP contribution in [0.2, 0.25) is 0 Å². The fourth-order valence-electron chi connectivity index (χ4n) is 3.27. The van der Waals surface area contributed by atoms with E-state index in [-0.39, 0.29) is 18.1 Å². The van der Waals surface area contributed by atoms with E-state index in [4.69, 9.17) is 18.7 Å². The minimum Gasteiger partial charge on any atom is -0.384 e. The Bertz CT molecular complexity index is 914. The van der Waals surface area contributed by atoms with Gasteiger partial charge < -0.3 is 24.6 Å². The molecule has 0 spiro atoms. The Labute approximate surface area is 188 Å².